The summed E-state index contributed by atoms with van der Waals surface area (Å²) in [6.07, 6.45) is 1.78. The van der Waals surface area contributed by atoms with Crippen molar-refractivity contribution < 1.29 is 9.53 Å². The second-order valence-corrected chi connectivity index (χ2v) is 7.94. The second kappa shape index (κ2) is 8.89. The Kier molecular flexibility index (Phi) is 6.04. The fourth-order valence-corrected chi connectivity index (χ4v) is 4.63. The molecule has 2 atom stereocenters. The Hall–Kier alpha value is -3.19. The van der Waals surface area contributed by atoms with Crippen LogP contribution in [0.2, 0.25) is 0 Å². The number of pyridine rings is 1. The molecule has 0 spiro atoms. The molecule has 1 saturated heterocycles. The lowest BCUT2D eigenvalue weighted by molar-refractivity contribution is -0.143. The topological polar surface area (TPSA) is 59.4 Å². The minimum atomic E-state index is -0.296. The van der Waals surface area contributed by atoms with Crippen LogP contribution in [-0.4, -0.2) is 38.7 Å². The molecule has 0 aliphatic carbocycles. The van der Waals surface area contributed by atoms with Gasteiger partial charge in [-0.25, -0.2) is 0 Å². The number of carbonyl (C=O) groups is 1. The van der Waals surface area contributed by atoms with E-state index in [0.29, 0.717) is 11.7 Å². The van der Waals surface area contributed by atoms with Gasteiger partial charge in [0.15, 0.2) is 5.11 Å². The molecule has 0 radical (unpaired) electrons. The number of thiocarbonyl (C=S) groups is 1. The number of para-hydroxylation sites is 1. The summed E-state index contributed by atoms with van der Waals surface area (Å²) >= 11 is 5.65. The molecule has 1 aliphatic rings. The number of esters is 1. The predicted molar refractivity (Wildman–Crippen MR) is 124 cm³/mol. The molecule has 160 valence electrons. The van der Waals surface area contributed by atoms with E-state index in [1.165, 1.54) is 0 Å². The van der Waals surface area contributed by atoms with Gasteiger partial charge in [0.25, 0.3) is 0 Å². The monoisotopic (exact) mass is 434 g/mol. The molecule has 0 unspecified atom stereocenters. The van der Waals surface area contributed by atoms with Crippen LogP contribution in [0.4, 0.5) is 0 Å². The van der Waals surface area contributed by atoms with E-state index in [-0.39, 0.29) is 24.6 Å². The molecule has 1 fully saturated rings. The number of rotatable bonds is 6. The van der Waals surface area contributed by atoms with Gasteiger partial charge < -0.3 is 19.5 Å². The molecule has 0 saturated carbocycles. The fraction of sp³-hybridized carbons (Fsp3) is 0.292. The van der Waals surface area contributed by atoms with Crippen LogP contribution in [0.1, 0.15) is 41.7 Å². The van der Waals surface area contributed by atoms with E-state index < -0.39 is 0 Å². The minimum Gasteiger partial charge on any atom is -0.465 e. The third kappa shape index (κ3) is 4.05. The van der Waals surface area contributed by atoms with Crippen molar-refractivity contribution in [3.8, 4) is 5.69 Å². The Morgan fingerprint density at radius 3 is 2.58 bits per heavy atom. The zero-order valence-corrected chi connectivity index (χ0v) is 18.7. The van der Waals surface area contributed by atoms with Crippen molar-refractivity contribution in [1.82, 2.24) is 19.8 Å². The molecule has 0 bridgehead atoms. The molecular formula is C24H26N4O2S. The SMILES string of the molecule is CCOC(=O)CN1C(=S)N[C@H](c2ccccn2)[C@@H]1c1cc(C)n(-c2ccccc2)c1C. The van der Waals surface area contributed by atoms with E-state index in [1.54, 1.807) is 13.1 Å². The Bertz CT molecular complexity index is 1080. The van der Waals surface area contributed by atoms with Crippen molar-refractivity contribution >= 4 is 23.3 Å². The number of carbonyl (C=O) groups excluding carboxylic acids is 1. The summed E-state index contributed by atoms with van der Waals surface area (Å²) < 4.78 is 7.45. The number of ether oxygens (including phenoxy) is 1. The molecule has 6 nitrogen and oxygen atoms in total. The van der Waals surface area contributed by atoms with Gasteiger partial charge in [0.05, 0.1) is 24.4 Å². The highest BCUT2D eigenvalue weighted by Crippen LogP contribution is 2.41. The van der Waals surface area contributed by atoms with Gasteiger partial charge in [-0.05, 0) is 68.9 Å². The highest BCUT2D eigenvalue weighted by molar-refractivity contribution is 7.80. The maximum Gasteiger partial charge on any atom is 0.325 e. The van der Waals surface area contributed by atoms with Crippen molar-refractivity contribution in [3.05, 3.63) is 83.4 Å². The molecule has 1 aromatic carbocycles. The third-order valence-corrected chi connectivity index (χ3v) is 5.96. The van der Waals surface area contributed by atoms with E-state index in [0.717, 1.165) is 28.3 Å². The quantitative estimate of drug-likeness (QED) is 0.467. The zero-order chi connectivity index (χ0) is 22.0. The molecule has 0 amide bonds. The lowest BCUT2D eigenvalue weighted by Crippen LogP contribution is -2.35. The van der Waals surface area contributed by atoms with Gasteiger partial charge in [0, 0.05) is 23.3 Å². The van der Waals surface area contributed by atoms with Crippen LogP contribution >= 0.6 is 12.2 Å². The average Bonchev–Trinajstić information content (AvgIpc) is 3.25. The third-order valence-electron chi connectivity index (χ3n) is 5.61. The first-order chi connectivity index (χ1) is 15.0. The van der Waals surface area contributed by atoms with Crippen LogP contribution in [0.5, 0.6) is 0 Å². The van der Waals surface area contributed by atoms with Crippen LogP contribution in [0.25, 0.3) is 5.69 Å². The molecule has 2 aromatic heterocycles. The van der Waals surface area contributed by atoms with Gasteiger partial charge in [-0.3, -0.25) is 9.78 Å². The summed E-state index contributed by atoms with van der Waals surface area (Å²) in [5.41, 5.74) is 5.31. The summed E-state index contributed by atoms with van der Waals surface area (Å²) in [5.74, 6) is -0.296. The number of nitrogens with zero attached hydrogens (tertiary/aromatic N) is 3. The maximum atomic E-state index is 12.4. The predicted octanol–water partition coefficient (Wildman–Crippen LogP) is 4.02. The van der Waals surface area contributed by atoms with Crippen molar-refractivity contribution in [2.45, 2.75) is 32.9 Å². The number of hydrogen-bond acceptors (Lipinski definition) is 4. The summed E-state index contributed by atoms with van der Waals surface area (Å²) in [4.78, 5) is 18.9. The van der Waals surface area contributed by atoms with E-state index in [1.807, 2.05) is 41.3 Å². The van der Waals surface area contributed by atoms with E-state index in [9.17, 15) is 4.79 Å². The number of hydrogen-bond donors (Lipinski definition) is 1. The summed E-state index contributed by atoms with van der Waals surface area (Å²) in [5, 5.41) is 3.92. The Balaban J connectivity index is 1.81. The molecule has 31 heavy (non-hydrogen) atoms. The Morgan fingerprint density at radius 1 is 1.16 bits per heavy atom. The molecule has 3 aromatic rings. The van der Waals surface area contributed by atoms with Crippen molar-refractivity contribution in [2.75, 3.05) is 13.2 Å². The van der Waals surface area contributed by atoms with Crippen LogP contribution in [0, 0.1) is 13.8 Å². The number of benzene rings is 1. The molecule has 3 heterocycles. The van der Waals surface area contributed by atoms with E-state index in [4.69, 9.17) is 17.0 Å². The standard InChI is InChI=1S/C24H26N4O2S/c1-4-30-21(29)15-27-23(22(26-24(27)31)20-12-8-9-13-25-20)19-14-16(2)28(17(19)3)18-10-6-5-7-11-18/h5-14,22-23H,4,15H2,1-3H3,(H,26,31)/t22-,23+/m1/s1. The number of aryl methyl sites for hydroxylation is 1. The van der Waals surface area contributed by atoms with E-state index in [2.05, 4.69) is 46.9 Å². The van der Waals surface area contributed by atoms with Gasteiger partial charge in [-0.2, -0.15) is 0 Å². The van der Waals surface area contributed by atoms with Crippen molar-refractivity contribution in [3.63, 3.8) is 0 Å². The number of aromatic nitrogens is 2. The van der Waals surface area contributed by atoms with Gasteiger partial charge in [0.1, 0.15) is 6.54 Å². The summed E-state index contributed by atoms with van der Waals surface area (Å²) in [6.45, 7) is 6.43. The van der Waals surface area contributed by atoms with Gasteiger partial charge in [0.2, 0.25) is 0 Å². The Morgan fingerprint density at radius 2 is 1.90 bits per heavy atom. The minimum absolute atomic E-state index is 0.0860. The van der Waals surface area contributed by atoms with Crippen LogP contribution in [0.15, 0.2) is 60.8 Å². The summed E-state index contributed by atoms with van der Waals surface area (Å²) in [7, 11) is 0. The first kappa shape index (κ1) is 21.1. The fourth-order valence-electron chi connectivity index (χ4n) is 4.32. The van der Waals surface area contributed by atoms with Crippen LogP contribution in [0.3, 0.4) is 0 Å². The lowest BCUT2D eigenvalue weighted by Gasteiger charge is -2.27. The summed E-state index contributed by atoms with van der Waals surface area (Å²) in [6, 6.07) is 17.9. The van der Waals surface area contributed by atoms with Crippen molar-refractivity contribution in [2.24, 2.45) is 0 Å². The second-order valence-electron chi connectivity index (χ2n) is 7.56. The van der Waals surface area contributed by atoms with Crippen LogP contribution in [-0.2, 0) is 9.53 Å². The lowest BCUT2D eigenvalue weighted by atomic mass is 9.97. The highest BCUT2D eigenvalue weighted by atomic mass is 32.1. The zero-order valence-electron chi connectivity index (χ0n) is 17.9. The largest absolute Gasteiger partial charge is 0.465 e. The molecule has 7 heteroatoms. The smallest absolute Gasteiger partial charge is 0.325 e. The molecule has 1 N–H and O–H groups in total. The molecule has 4 rings (SSSR count). The first-order valence-corrected chi connectivity index (χ1v) is 10.8. The van der Waals surface area contributed by atoms with Gasteiger partial charge in [-0.1, -0.05) is 24.3 Å². The molecule has 1 aliphatic heterocycles. The normalized spacial score (nSPS) is 18.2. The van der Waals surface area contributed by atoms with E-state index >= 15 is 0 Å². The highest BCUT2D eigenvalue weighted by Gasteiger charge is 2.42. The maximum absolute atomic E-state index is 12.4. The van der Waals surface area contributed by atoms with Gasteiger partial charge in [-0.15, -0.1) is 0 Å². The van der Waals surface area contributed by atoms with Crippen molar-refractivity contribution in [1.29, 1.82) is 0 Å². The number of nitrogens with one attached hydrogen (secondary N) is 1. The first-order valence-electron chi connectivity index (χ1n) is 10.4. The average molecular weight is 435 g/mol. The Labute approximate surface area is 187 Å². The van der Waals surface area contributed by atoms with Gasteiger partial charge >= 0.3 is 5.97 Å². The van der Waals surface area contributed by atoms with Crippen LogP contribution < -0.4 is 5.32 Å². The molecular weight excluding hydrogens is 408 g/mol.